The van der Waals surface area contributed by atoms with Gasteiger partial charge in [-0.05, 0) is 31.6 Å². The van der Waals surface area contributed by atoms with Crippen molar-refractivity contribution >= 4 is 22.4 Å². The van der Waals surface area contributed by atoms with E-state index in [-0.39, 0.29) is 5.91 Å². The first-order chi connectivity index (χ1) is 12.2. The number of nitrogens with one attached hydrogen (secondary N) is 1. The molecule has 1 amide bonds. The highest BCUT2D eigenvalue weighted by molar-refractivity contribution is 7.13. The lowest BCUT2D eigenvalue weighted by atomic mass is 9.85. The second kappa shape index (κ2) is 7.15. The molecule has 1 saturated heterocycles. The Hall–Kier alpha value is -1.89. The SMILES string of the molecule is CNc1nc(C(=O)N2CCC[C@H](c3nccn3CC3CCC3)C2)cs1. The fourth-order valence-electron chi connectivity index (χ4n) is 3.81. The zero-order valence-corrected chi connectivity index (χ0v) is 15.5. The monoisotopic (exact) mass is 359 g/mol. The summed E-state index contributed by atoms with van der Waals surface area (Å²) in [5.74, 6) is 2.33. The summed E-state index contributed by atoms with van der Waals surface area (Å²) in [6, 6.07) is 0. The number of thiazole rings is 1. The molecule has 134 valence electrons. The Labute approximate surface area is 152 Å². The molecule has 2 aliphatic rings. The lowest BCUT2D eigenvalue weighted by molar-refractivity contribution is 0.0697. The van der Waals surface area contributed by atoms with Crippen LogP contribution in [0, 0.1) is 5.92 Å². The minimum Gasteiger partial charge on any atom is -0.365 e. The maximum absolute atomic E-state index is 12.8. The van der Waals surface area contributed by atoms with Crippen molar-refractivity contribution in [1.29, 1.82) is 0 Å². The summed E-state index contributed by atoms with van der Waals surface area (Å²) in [5, 5.41) is 5.62. The van der Waals surface area contributed by atoms with Gasteiger partial charge in [0.2, 0.25) is 0 Å². The van der Waals surface area contributed by atoms with Crippen LogP contribution in [-0.4, -0.2) is 45.5 Å². The van der Waals surface area contributed by atoms with Gasteiger partial charge >= 0.3 is 0 Å². The lowest BCUT2D eigenvalue weighted by Gasteiger charge is -2.33. The number of carbonyl (C=O) groups excluding carboxylic acids is 1. The summed E-state index contributed by atoms with van der Waals surface area (Å²) in [5.41, 5.74) is 0.549. The van der Waals surface area contributed by atoms with E-state index < -0.39 is 0 Å². The third kappa shape index (κ3) is 3.42. The first kappa shape index (κ1) is 16.6. The number of aromatic nitrogens is 3. The maximum atomic E-state index is 12.8. The second-order valence-electron chi connectivity index (χ2n) is 7.11. The van der Waals surface area contributed by atoms with Crippen LogP contribution in [0.1, 0.15) is 54.3 Å². The molecule has 25 heavy (non-hydrogen) atoms. The molecule has 2 aromatic heterocycles. The van der Waals surface area contributed by atoms with E-state index in [0.29, 0.717) is 11.6 Å². The van der Waals surface area contributed by atoms with Crippen molar-refractivity contribution in [2.75, 3.05) is 25.5 Å². The van der Waals surface area contributed by atoms with Crippen LogP contribution < -0.4 is 5.32 Å². The summed E-state index contributed by atoms with van der Waals surface area (Å²) >= 11 is 1.47. The van der Waals surface area contributed by atoms with Crippen LogP contribution >= 0.6 is 11.3 Å². The summed E-state index contributed by atoms with van der Waals surface area (Å²) in [7, 11) is 1.83. The van der Waals surface area contributed by atoms with Crippen LogP contribution in [0.5, 0.6) is 0 Å². The van der Waals surface area contributed by atoms with Gasteiger partial charge in [-0.15, -0.1) is 11.3 Å². The number of hydrogen-bond acceptors (Lipinski definition) is 5. The van der Waals surface area contributed by atoms with Crippen LogP contribution in [0.4, 0.5) is 5.13 Å². The zero-order valence-electron chi connectivity index (χ0n) is 14.6. The Morgan fingerprint density at radius 2 is 2.24 bits per heavy atom. The molecule has 0 aromatic carbocycles. The van der Waals surface area contributed by atoms with E-state index in [0.717, 1.165) is 49.3 Å². The number of piperidine rings is 1. The summed E-state index contributed by atoms with van der Waals surface area (Å²) < 4.78 is 2.32. The smallest absolute Gasteiger partial charge is 0.273 e. The number of anilines is 1. The number of imidazole rings is 1. The van der Waals surface area contributed by atoms with Gasteiger partial charge in [-0.1, -0.05) is 6.42 Å². The van der Waals surface area contributed by atoms with E-state index in [1.54, 1.807) is 0 Å². The average molecular weight is 359 g/mol. The normalized spacial score (nSPS) is 21.2. The van der Waals surface area contributed by atoms with Crippen molar-refractivity contribution < 1.29 is 4.79 Å². The summed E-state index contributed by atoms with van der Waals surface area (Å²) in [4.78, 5) is 23.7. The van der Waals surface area contributed by atoms with E-state index in [1.165, 1.54) is 30.6 Å². The van der Waals surface area contributed by atoms with Crippen molar-refractivity contribution in [2.24, 2.45) is 5.92 Å². The van der Waals surface area contributed by atoms with Gasteiger partial charge in [0.15, 0.2) is 5.13 Å². The molecule has 3 heterocycles. The molecular formula is C18H25N5OS. The fourth-order valence-corrected chi connectivity index (χ4v) is 4.46. The lowest BCUT2D eigenvalue weighted by Crippen LogP contribution is -2.40. The van der Waals surface area contributed by atoms with Gasteiger partial charge in [-0.25, -0.2) is 9.97 Å². The number of nitrogens with zero attached hydrogens (tertiary/aromatic N) is 4. The van der Waals surface area contributed by atoms with Gasteiger partial charge in [0.1, 0.15) is 11.5 Å². The van der Waals surface area contributed by atoms with Crippen LogP contribution in [0.3, 0.4) is 0 Å². The van der Waals surface area contributed by atoms with Crippen molar-refractivity contribution in [3.05, 3.63) is 29.3 Å². The number of hydrogen-bond donors (Lipinski definition) is 1. The molecule has 7 heteroatoms. The third-order valence-corrected chi connectivity index (χ3v) is 6.30. The van der Waals surface area contributed by atoms with Gasteiger partial charge in [-0.3, -0.25) is 4.79 Å². The number of rotatable bonds is 5. The predicted octanol–water partition coefficient (Wildman–Crippen LogP) is 3.20. The van der Waals surface area contributed by atoms with E-state index >= 15 is 0 Å². The van der Waals surface area contributed by atoms with Crippen LogP contribution in [0.2, 0.25) is 0 Å². The topological polar surface area (TPSA) is 63.1 Å². The molecule has 2 fully saturated rings. The van der Waals surface area contributed by atoms with Gasteiger partial charge in [-0.2, -0.15) is 0 Å². The highest BCUT2D eigenvalue weighted by Gasteiger charge is 2.29. The first-order valence-electron chi connectivity index (χ1n) is 9.18. The minimum absolute atomic E-state index is 0.0412. The van der Waals surface area contributed by atoms with Crippen molar-refractivity contribution in [3.8, 4) is 0 Å². The molecule has 1 N–H and O–H groups in total. The highest BCUT2D eigenvalue weighted by atomic mass is 32.1. The molecule has 6 nitrogen and oxygen atoms in total. The van der Waals surface area contributed by atoms with Crippen molar-refractivity contribution in [1.82, 2.24) is 19.4 Å². The Kier molecular flexibility index (Phi) is 4.74. The molecule has 0 bridgehead atoms. The van der Waals surface area contributed by atoms with Gasteiger partial charge in [0, 0.05) is 50.4 Å². The van der Waals surface area contributed by atoms with E-state index in [2.05, 4.69) is 26.0 Å². The molecule has 1 aliphatic heterocycles. The van der Waals surface area contributed by atoms with E-state index in [1.807, 2.05) is 23.5 Å². The molecule has 1 atom stereocenters. The number of amides is 1. The van der Waals surface area contributed by atoms with E-state index in [4.69, 9.17) is 0 Å². The molecule has 0 spiro atoms. The Bertz CT molecular complexity index is 735. The van der Waals surface area contributed by atoms with Crippen LogP contribution in [0.25, 0.3) is 0 Å². The fraction of sp³-hybridized carbons (Fsp3) is 0.611. The van der Waals surface area contributed by atoms with Crippen molar-refractivity contribution in [3.63, 3.8) is 0 Å². The maximum Gasteiger partial charge on any atom is 0.273 e. The second-order valence-corrected chi connectivity index (χ2v) is 7.97. The molecule has 1 aliphatic carbocycles. The molecule has 0 unspecified atom stereocenters. The van der Waals surface area contributed by atoms with Gasteiger partial charge < -0.3 is 14.8 Å². The van der Waals surface area contributed by atoms with Gasteiger partial charge in [0.25, 0.3) is 5.91 Å². The zero-order chi connectivity index (χ0) is 17.2. The third-order valence-electron chi connectivity index (χ3n) is 5.44. The highest BCUT2D eigenvalue weighted by Crippen LogP contribution is 2.31. The molecule has 0 radical (unpaired) electrons. The summed E-state index contributed by atoms with van der Waals surface area (Å²) in [6.45, 7) is 2.63. The molecule has 4 rings (SSSR count). The number of carbonyl (C=O) groups is 1. The van der Waals surface area contributed by atoms with Gasteiger partial charge in [0.05, 0.1) is 0 Å². The Morgan fingerprint density at radius 1 is 1.36 bits per heavy atom. The largest absolute Gasteiger partial charge is 0.365 e. The summed E-state index contributed by atoms with van der Waals surface area (Å²) in [6.07, 6.45) is 10.2. The minimum atomic E-state index is 0.0412. The average Bonchev–Trinajstić information content (AvgIpc) is 3.26. The molecule has 1 saturated carbocycles. The first-order valence-corrected chi connectivity index (χ1v) is 10.1. The standard InChI is InChI=1S/C18H25N5OS/c1-19-18-21-15(12-25-18)17(24)23-8-3-6-14(11-23)16-20-7-9-22(16)10-13-4-2-5-13/h7,9,12-14H,2-6,8,10-11H2,1H3,(H,19,21)/t14-/m0/s1. The van der Waals surface area contributed by atoms with Crippen molar-refractivity contribution in [2.45, 2.75) is 44.6 Å². The quantitative estimate of drug-likeness (QED) is 0.890. The Morgan fingerprint density at radius 3 is 2.96 bits per heavy atom. The predicted molar refractivity (Wildman–Crippen MR) is 99.1 cm³/mol. The Balaban J connectivity index is 1.45. The molecule has 2 aromatic rings. The molecular weight excluding hydrogens is 334 g/mol. The van der Waals surface area contributed by atoms with Crippen LogP contribution in [-0.2, 0) is 6.54 Å². The number of likely N-dealkylation sites (tertiary alicyclic amines) is 1. The van der Waals surface area contributed by atoms with E-state index in [9.17, 15) is 4.79 Å². The van der Waals surface area contributed by atoms with Crippen LogP contribution in [0.15, 0.2) is 17.8 Å².